The predicted octanol–water partition coefficient (Wildman–Crippen LogP) is 3.38. The maximum atomic E-state index is 13.8. The molecule has 0 spiro atoms. The number of ether oxygens (including phenoxy) is 1. The van der Waals surface area contributed by atoms with E-state index in [0.29, 0.717) is 37.2 Å². The summed E-state index contributed by atoms with van der Waals surface area (Å²) in [6, 6.07) is 21.5. The monoisotopic (exact) mass is 551 g/mol. The first-order valence-electron chi connectivity index (χ1n) is 13.0. The zero-order valence-electron chi connectivity index (χ0n) is 21.3. The van der Waals surface area contributed by atoms with Crippen LogP contribution in [0.15, 0.2) is 83.8 Å². The third-order valence-electron chi connectivity index (χ3n) is 7.07. The van der Waals surface area contributed by atoms with Crippen LogP contribution in [0.3, 0.4) is 0 Å². The number of fused-ring (bicyclic) bond motifs is 1. The van der Waals surface area contributed by atoms with Crippen molar-refractivity contribution in [1.82, 2.24) is 9.62 Å². The highest BCUT2D eigenvalue weighted by Crippen LogP contribution is 2.35. The van der Waals surface area contributed by atoms with Gasteiger partial charge in [-0.15, -0.1) is 0 Å². The van der Waals surface area contributed by atoms with Gasteiger partial charge in [-0.1, -0.05) is 42.5 Å². The van der Waals surface area contributed by atoms with Crippen molar-refractivity contribution >= 4 is 27.5 Å². The lowest BCUT2D eigenvalue weighted by atomic mass is 9.97. The van der Waals surface area contributed by atoms with Gasteiger partial charge in [0.05, 0.1) is 23.0 Å². The van der Waals surface area contributed by atoms with E-state index >= 15 is 0 Å². The molecule has 0 aromatic heterocycles. The molecule has 2 unspecified atom stereocenters. The maximum absolute atomic E-state index is 13.8. The summed E-state index contributed by atoms with van der Waals surface area (Å²) in [4.78, 5) is 28.4. The number of hydrogen-bond acceptors (Lipinski definition) is 5. The van der Waals surface area contributed by atoms with Gasteiger partial charge in [0, 0.05) is 19.6 Å². The third-order valence-corrected chi connectivity index (χ3v) is 8.95. The molecule has 2 heterocycles. The molecular weight excluding hydrogens is 521 g/mol. The first kappa shape index (κ1) is 26.8. The van der Waals surface area contributed by atoms with Crippen LogP contribution in [0.25, 0.3) is 0 Å². The highest BCUT2D eigenvalue weighted by atomic mass is 32.2. The molecule has 3 aromatic rings. The van der Waals surface area contributed by atoms with Gasteiger partial charge in [-0.25, -0.2) is 12.8 Å². The predicted molar refractivity (Wildman–Crippen MR) is 144 cm³/mol. The Morgan fingerprint density at radius 2 is 1.67 bits per heavy atom. The third kappa shape index (κ3) is 5.97. The van der Waals surface area contributed by atoms with Crippen molar-refractivity contribution in [3.05, 3.63) is 90.2 Å². The first-order chi connectivity index (χ1) is 18.8. The Kier molecular flexibility index (Phi) is 7.94. The number of nitrogens with zero attached hydrogens (tertiary/aromatic N) is 2. The van der Waals surface area contributed by atoms with E-state index in [-0.39, 0.29) is 36.3 Å². The fraction of sp³-hybridized carbons (Fsp3) is 0.310. The van der Waals surface area contributed by atoms with Gasteiger partial charge in [-0.05, 0) is 61.2 Å². The SMILES string of the molecule is O=C(NCCc1ccccc1)C1CN(C(=O)C2CCCN(S(=O)(=O)c3ccc(F)cc3)C2)c2ccccc2O1. The molecule has 0 saturated carbocycles. The van der Waals surface area contributed by atoms with E-state index in [1.165, 1.54) is 16.4 Å². The van der Waals surface area contributed by atoms with E-state index in [2.05, 4.69) is 5.32 Å². The molecular formula is C29H30FN3O5S. The second kappa shape index (κ2) is 11.5. The molecule has 2 atom stereocenters. The highest BCUT2D eigenvalue weighted by Gasteiger charge is 2.39. The van der Waals surface area contributed by atoms with Crippen LogP contribution in [-0.4, -0.2) is 56.8 Å². The topological polar surface area (TPSA) is 96.0 Å². The molecule has 204 valence electrons. The van der Waals surface area contributed by atoms with Gasteiger partial charge in [0.25, 0.3) is 5.91 Å². The molecule has 39 heavy (non-hydrogen) atoms. The summed E-state index contributed by atoms with van der Waals surface area (Å²) < 4.78 is 47.0. The molecule has 8 nitrogen and oxygen atoms in total. The normalized spacial score (nSPS) is 19.6. The lowest BCUT2D eigenvalue weighted by molar-refractivity contribution is -0.129. The Labute approximate surface area is 227 Å². The van der Waals surface area contributed by atoms with Crippen LogP contribution in [0.5, 0.6) is 5.75 Å². The fourth-order valence-corrected chi connectivity index (χ4v) is 6.53. The molecule has 5 rings (SSSR count). The van der Waals surface area contributed by atoms with E-state index in [0.717, 1.165) is 17.7 Å². The largest absolute Gasteiger partial charge is 0.477 e. The number of nitrogens with one attached hydrogen (secondary N) is 1. The van der Waals surface area contributed by atoms with Gasteiger partial charge < -0.3 is 15.0 Å². The van der Waals surface area contributed by atoms with Crippen LogP contribution in [0.4, 0.5) is 10.1 Å². The quantitative estimate of drug-likeness (QED) is 0.486. The number of halogens is 1. The lowest BCUT2D eigenvalue weighted by Gasteiger charge is -2.38. The molecule has 3 aromatic carbocycles. The first-order valence-corrected chi connectivity index (χ1v) is 14.4. The molecule has 2 aliphatic heterocycles. The smallest absolute Gasteiger partial charge is 0.262 e. The number of benzene rings is 3. The Hall–Kier alpha value is -3.76. The summed E-state index contributed by atoms with van der Waals surface area (Å²) in [5, 5.41) is 2.90. The minimum atomic E-state index is -3.89. The van der Waals surface area contributed by atoms with Crippen LogP contribution in [0, 0.1) is 11.7 Å². The van der Waals surface area contributed by atoms with Crippen molar-refractivity contribution in [2.24, 2.45) is 5.92 Å². The van der Waals surface area contributed by atoms with Gasteiger partial charge in [0.2, 0.25) is 15.9 Å². The summed E-state index contributed by atoms with van der Waals surface area (Å²) in [6.45, 7) is 0.729. The summed E-state index contributed by atoms with van der Waals surface area (Å²) in [6.07, 6.45) is 0.787. The number of carbonyl (C=O) groups excluding carboxylic acids is 2. The number of anilines is 1. The van der Waals surface area contributed by atoms with E-state index < -0.39 is 27.9 Å². The minimum absolute atomic E-state index is 0.00596. The number of para-hydroxylation sites is 2. The van der Waals surface area contributed by atoms with Gasteiger partial charge in [0.15, 0.2) is 6.10 Å². The standard InChI is InChI=1S/C29H30FN3O5S/c30-23-12-14-24(15-13-23)39(36,37)32-18-6-9-22(19-32)29(35)33-20-27(38-26-11-5-4-10-25(26)33)28(34)31-17-16-21-7-2-1-3-8-21/h1-5,7-8,10-15,22,27H,6,9,16-20H2,(H,31,34). The molecule has 10 heteroatoms. The van der Waals surface area contributed by atoms with Crippen molar-refractivity contribution in [3.63, 3.8) is 0 Å². The van der Waals surface area contributed by atoms with Crippen LogP contribution >= 0.6 is 0 Å². The summed E-state index contributed by atoms with van der Waals surface area (Å²) >= 11 is 0. The molecule has 1 saturated heterocycles. The minimum Gasteiger partial charge on any atom is -0.477 e. The second-order valence-corrected chi connectivity index (χ2v) is 11.6. The maximum Gasteiger partial charge on any atom is 0.262 e. The van der Waals surface area contributed by atoms with E-state index in [4.69, 9.17) is 4.74 Å². The summed E-state index contributed by atoms with van der Waals surface area (Å²) in [5.41, 5.74) is 1.65. The molecule has 1 N–H and O–H groups in total. The van der Waals surface area contributed by atoms with Crippen molar-refractivity contribution < 1.29 is 27.1 Å². The van der Waals surface area contributed by atoms with Crippen molar-refractivity contribution in [3.8, 4) is 5.75 Å². The Morgan fingerprint density at radius 1 is 0.949 bits per heavy atom. The fourth-order valence-electron chi connectivity index (χ4n) is 5.01. The molecule has 0 radical (unpaired) electrons. The average Bonchev–Trinajstić information content (AvgIpc) is 2.97. The molecule has 2 aliphatic rings. The number of sulfonamides is 1. The number of rotatable bonds is 7. The van der Waals surface area contributed by atoms with Crippen LogP contribution < -0.4 is 15.0 Å². The Bertz CT molecular complexity index is 1430. The van der Waals surface area contributed by atoms with Crippen LogP contribution in [0.2, 0.25) is 0 Å². The molecule has 0 aliphatic carbocycles. The van der Waals surface area contributed by atoms with Crippen LogP contribution in [0.1, 0.15) is 18.4 Å². The van der Waals surface area contributed by atoms with Gasteiger partial charge in [-0.3, -0.25) is 9.59 Å². The summed E-state index contributed by atoms with van der Waals surface area (Å²) in [7, 11) is -3.89. The number of piperidine rings is 1. The number of hydrogen-bond donors (Lipinski definition) is 1. The Morgan fingerprint density at radius 3 is 2.44 bits per heavy atom. The summed E-state index contributed by atoms with van der Waals surface area (Å²) in [5.74, 6) is -1.27. The van der Waals surface area contributed by atoms with Gasteiger partial charge in [-0.2, -0.15) is 4.31 Å². The van der Waals surface area contributed by atoms with E-state index in [1.54, 1.807) is 29.2 Å². The van der Waals surface area contributed by atoms with Gasteiger partial charge in [0.1, 0.15) is 11.6 Å². The highest BCUT2D eigenvalue weighted by molar-refractivity contribution is 7.89. The lowest BCUT2D eigenvalue weighted by Crippen LogP contribution is -2.54. The van der Waals surface area contributed by atoms with E-state index in [9.17, 15) is 22.4 Å². The zero-order chi connectivity index (χ0) is 27.4. The van der Waals surface area contributed by atoms with Crippen molar-refractivity contribution in [2.45, 2.75) is 30.3 Å². The Balaban J connectivity index is 1.29. The van der Waals surface area contributed by atoms with Crippen molar-refractivity contribution in [1.29, 1.82) is 0 Å². The number of carbonyl (C=O) groups is 2. The molecule has 0 bridgehead atoms. The zero-order valence-corrected chi connectivity index (χ0v) is 22.1. The number of amides is 2. The second-order valence-electron chi connectivity index (χ2n) is 9.71. The van der Waals surface area contributed by atoms with E-state index in [1.807, 2.05) is 30.3 Å². The average molecular weight is 552 g/mol. The van der Waals surface area contributed by atoms with Crippen LogP contribution in [-0.2, 0) is 26.0 Å². The van der Waals surface area contributed by atoms with Crippen molar-refractivity contribution in [2.75, 3.05) is 31.1 Å². The molecule has 2 amide bonds. The van der Waals surface area contributed by atoms with Gasteiger partial charge >= 0.3 is 0 Å². The molecule has 1 fully saturated rings.